The molecular weight excluding hydrogens is 317 g/mol. The van der Waals surface area contributed by atoms with Crippen molar-refractivity contribution in [3.05, 3.63) is 58.9 Å². The Morgan fingerprint density at radius 3 is 2.64 bits per heavy atom. The fourth-order valence-electron chi connectivity index (χ4n) is 1.75. The minimum atomic E-state index is -4.59. The highest BCUT2D eigenvalue weighted by molar-refractivity contribution is 6.29. The predicted molar refractivity (Wildman–Crippen MR) is 77.8 cm³/mol. The second-order valence-electron chi connectivity index (χ2n) is 4.33. The number of aliphatic imine (C=N–C) groups is 1. The van der Waals surface area contributed by atoms with Gasteiger partial charge in [0, 0.05) is 19.4 Å². The Morgan fingerprint density at radius 2 is 2.05 bits per heavy atom. The van der Waals surface area contributed by atoms with Crippen molar-refractivity contribution in [2.24, 2.45) is 9.98 Å². The van der Waals surface area contributed by atoms with Crippen LogP contribution in [-0.2, 0) is 6.54 Å². The van der Waals surface area contributed by atoms with Gasteiger partial charge in [-0.25, -0.2) is 9.98 Å². The van der Waals surface area contributed by atoms with Crippen molar-refractivity contribution >= 4 is 17.4 Å². The van der Waals surface area contributed by atoms with Crippen LogP contribution >= 0.6 is 11.6 Å². The molecule has 0 radical (unpaired) electrons. The molecule has 2 aromatic rings. The molecule has 0 fully saturated rings. The lowest BCUT2D eigenvalue weighted by Crippen LogP contribution is -2.28. The third-order valence-electron chi connectivity index (χ3n) is 2.74. The summed E-state index contributed by atoms with van der Waals surface area (Å²) in [5.41, 5.74) is 0.939. The Kier molecular flexibility index (Phi) is 4.97. The van der Waals surface area contributed by atoms with Gasteiger partial charge in [-0.3, -0.25) is 4.99 Å². The lowest BCUT2D eigenvalue weighted by atomic mass is 10.3. The average molecular weight is 329 g/mol. The number of nitrogens with zero attached hydrogens (tertiary/aromatic N) is 4. The number of hydrogen-bond acceptors (Lipinski definition) is 2. The zero-order valence-corrected chi connectivity index (χ0v) is 12.3. The lowest BCUT2D eigenvalue weighted by Gasteiger charge is -2.09. The van der Waals surface area contributed by atoms with Crippen molar-refractivity contribution < 1.29 is 13.2 Å². The lowest BCUT2D eigenvalue weighted by molar-refractivity contribution is -0.0599. The van der Waals surface area contributed by atoms with E-state index >= 15 is 0 Å². The first-order valence-corrected chi connectivity index (χ1v) is 6.62. The molecule has 116 valence electrons. The van der Waals surface area contributed by atoms with Crippen molar-refractivity contribution in [2.75, 3.05) is 7.05 Å². The fraction of sp³-hybridized carbons (Fsp3) is 0.214. The quantitative estimate of drug-likeness (QED) is 0.474. The molecule has 0 bridgehead atoms. The van der Waals surface area contributed by atoms with Crippen LogP contribution in [0.25, 0.3) is 0 Å². The maximum atomic E-state index is 12.8. The van der Waals surface area contributed by atoms with E-state index in [-0.39, 0.29) is 5.49 Å². The van der Waals surface area contributed by atoms with E-state index in [1.165, 1.54) is 6.07 Å². The molecule has 0 spiro atoms. The number of hydrogen-bond donors (Lipinski definition) is 0. The molecule has 2 heterocycles. The summed E-state index contributed by atoms with van der Waals surface area (Å²) in [6.45, 7) is 0.318. The molecule has 0 aliphatic rings. The molecule has 0 atom stereocenters. The number of pyridine rings is 2. The minimum Gasteiger partial charge on any atom is -0.328 e. The van der Waals surface area contributed by atoms with Gasteiger partial charge in [-0.2, -0.15) is 13.2 Å². The van der Waals surface area contributed by atoms with Gasteiger partial charge in [-0.05, 0) is 23.8 Å². The summed E-state index contributed by atoms with van der Waals surface area (Å²) < 4.78 is 39.8. The van der Waals surface area contributed by atoms with Crippen molar-refractivity contribution in [3.63, 3.8) is 0 Å². The van der Waals surface area contributed by atoms with E-state index in [4.69, 9.17) is 11.6 Å². The maximum Gasteiger partial charge on any atom is 0.451 e. The molecule has 4 nitrogen and oxygen atoms in total. The highest BCUT2D eigenvalue weighted by Crippen LogP contribution is 2.17. The number of aromatic nitrogens is 2. The van der Waals surface area contributed by atoms with Crippen molar-refractivity contribution in [3.8, 4) is 0 Å². The molecule has 0 N–H and O–H groups in total. The third kappa shape index (κ3) is 4.17. The second-order valence-corrected chi connectivity index (χ2v) is 4.72. The van der Waals surface area contributed by atoms with Crippen LogP contribution in [0, 0.1) is 0 Å². The van der Waals surface area contributed by atoms with E-state index in [0.29, 0.717) is 11.7 Å². The van der Waals surface area contributed by atoms with Crippen LogP contribution in [0.4, 0.5) is 13.2 Å². The smallest absolute Gasteiger partial charge is 0.328 e. The van der Waals surface area contributed by atoms with Crippen molar-refractivity contribution in [1.82, 2.24) is 9.55 Å². The van der Waals surface area contributed by atoms with Gasteiger partial charge in [0.25, 0.3) is 0 Å². The van der Waals surface area contributed by atoms with Gasteiger partial charge in [0.2, 0.25) is 5.84 Å². The molecule has 8 heteroatoms. The standard InChI is InChI=1S/C14H12ClF3N4/c1-19-13(14(16,17)18)21-12-4-2-3-7-22(12)9-10-5-6-11(15)20-8-10/h2-8H,9H2,1H3/b19-13?,21-12+. The Morgan fingerprint density at radius 1 is 1.27 bits per heavy atom. The van der Waals surface area contributed by atoms with Crippen LogP contribution in [0.3, 0.4) is 0 Å². The minimum absolute atomic E-state index is 0.148. The largest absolute Gasteiger partial charge is 0.451 e. The van der Waals surface area contributed by atoms with Gasteiger partial charge in [0.1, 0.15) is 10.6 Å². The van der Waals surface area contributed by atoms with Gasteiger partial charge in [-0.15, -0.1) is 0 Å². The summed E-state index contributed by atoms with van der Waals surface area (Å²) in [7, 11) is 1.06. The van der Waals surface area contributed by atoms with Crippen LogP contribution in [-0.4, -0.2) is 28.6 Å². The van der Waals surface area contributed by atoms with E-state index in [9.17, 15) is 13.2 Å². The summed E-state index contributed by atoms with van der Waals surface area (Å²) in [6, 6.07) is 8.17. The third-order valence-corrected chi connectivity index (χ3v) is 2.97. The highest BCUT2D eigenvalue weighted by atomic mass is 35.5. The summed E-state index contributed by atoms with van der Waals surface area (Å²) in [5.74, 6) is -1.18. The summed E-state index contributed by atoms with van der Waals surface area (Å²) >= 11 is 5.71. The van der Waals surface area contributed by atoms with Crippen LogP contribution < -0.4 is 5.49 Å². The topological polar surface area (TPSA) is 42.5 Å². The van der Waals surface area contributed by atoms with Gasteiger partial charge in [-0.1, -0.05) is 23.7 Å². The molecular formula is C14H12ClF3N4. The average Bonchev–Trinajstić information content (AvgIpc) is 2.47. The molecule has 0 unspecified atom stereocenters. The van der Waals surface area contributed by atoms with Crippen LogP contribution in [0.15, 0.2) is 52.7 Å². The zero-order chi connectivity index (χ0) is 16.2. The first-order valence-electron chi connectivity index (χ1n) is 6.25. The second kappa shape index (κ2) is 6.74. The molecule has 0 saturated heterocycles. The summed E-state index contributed by atoms with van der Waals surface area (Å²) in [4.78, 5) is 10.7. The summed E-state index contributed by atoms with van der Waals surface area (Å²) in [6.07, 6.45) is -1.40. The van der Waals surface area contributed by atoms with E-state index in [1.807, 2.05) is 0 Å². The van der Waals surface area contributed by atoms with Crippen LogP contribution in [0.5, 0.6) is 0 Å². The number of alkyl halides is 3. The van der Waals surface area contributed by atoms with E-state index in [2.05, 4.69) is 15.0 Å². The molecule has 0 aliphatic carbocycles. The Bertz CT molecular complexity index is 733. The molecule has 2 aromatic heterocycles. The number of halogens is 4. The first-order chi connectivity index (χ1) is 10.4. The van der Waals surface area contributed by atoms with Crippen molar-refractivity contribution in [1.29, 1.82) is 0 Å². The molecule has 0 saturated carbocycles. The number of amidine groups is 1. The molecule has 0 aliphatic heterocycles. The highest BCUT2D eigenvalue weighted by Gasteiger charge is 2.35. The first kappa shape index (κ1) is 16.2. The monoisotopic (exact) mass is 328 g/mol. The Balaban J connectivity index is 2.40. The molecule has 0 aromatic carbocycles. The molecule has 22 heavy (non-hydrogen) atoms. The normalized spacial score (nSPS) is 13.5. The SMILES string of the molecule is CN=C(/N=c1\ccccn1Cc1ccc(Cl)nc1)C(F)(F)F. The summed E-state index contributed by atoms with van der Waals surface area (Å²) in [5, 5.41) is 0.351. The molecule has 0 amide bonds. The molecule has 2 rings (SSSR count). The van der Waals surface area contributed by atoms with Gasteiger partial charge >= 0.3 is 6.18 Å². The van der Waals surface area contributed by atoms with Crippen LogP contribution in [0.1, 0.15) is 5.56 Å². The Hall–Kier alpha value is -2.15. The zero-order valence-electron chi connectivity index (χ0n) is 11.5. The predicted octanol–water partition coefficient (Wildman–Crippen LogP) is 3.08. The Labute approximate surface area is 129 Å². The van der Waals surface area contributed by atoms with Gasteiger partial charge < -0.3 is 4.57 Å². The fourth-order valence-corrected chi connectivity index (χ4v) is 1.86. The maximum absolute atomic E-state index is 12.8. The van der Waals surface area contributed by atoms with E-state index in [1.54, 1.807) is 41.2 Å². The van der Waals surface area contributed by atoms with Crippen LogP contribution in [0.2, 0.25) is 5.15 Å². The van der Waals surface area contributed by atoms with E-state index < -0.39 is 12.0 Å². The van der Waals surface area contributed by atoms with E-state index in [0.717, 1.165) is 12.6 Å². The van der Waals surface area contributed by atoms with Gasteiger partial charge in [0.05, 0.1) is 6.54 Å². The number of rotatable bonds is 2. The van der Waals surface area contributed by atoms with Gasteiger partial charge in [0.15, 0.2) is 0 Å². The van der Waals surface area contributed by atoms with Crippen molar-refractivity contribution in [2.45, 2.75) is 12.7 Å².